The number of amides is 1. The molecule has 0 spiro atoms. The number of hydrogen-bond donors (Lipinski definition) is 1. The highest BCUT2D eigenvalue weighted by molar-refractivity contribution is 6.32. The number of anilines is 1. The highest BCUT2D eigenvalue weighted by atomic mass is 35.5. The number of nitrogens with zero attached hydrogens (tertiary/aromatic N) is 3. The molecule has 25 heavy (non-hydrogen) atoms. The number of carbonyl (C=O) groups excluding carboxylic acids is 1. The largest absolute Gasteiger partial charge is 0.451 e. The van der Waals surface area contributed by atoms with Crippen molar-refractivity contribution in [1.29, 1.82) is 0 Å². The van der Waals surface area contributed by atoms with E-state index in [1.807, 2.05) is 40.1 Å². The van der Waals surface area contributed by atoms with Gasteiger partial charge in [-0.1, -0.05) is 11.6 Å². The second kappa shape index (κ2) is 6.90. The van der Waals surface area contributed by atoms with Gasteiger partial charge in [-0.25, -0.2) is 0 Å². The molecular formula is C18H21ClN4O2. The lowest BCUT2D eigenvalue weighted by Crippen LogP contribution is -2.18. The van der Waals surface area contributed by atoms with Gasteiger partial charge >= 0.3 is 0 Å². The Balaban J connectivity index is 1.79. The molecule has 0 aliphatic carbocycles. The van der Waals surface area contributed by atoms with Crippen molar-refractivity contribution < 1.29 is 9.21 Å². The molecule has 7 heteroatoms. The quantitative estimate of drug-likeness (QED) is 0.753. The maximum absolute atomic E-state index is 12.6. The van der Waals surface area contributed by atoms with Gasteiger partial charge in [-0.15, -0.1) is 0 Å². The molecule has 0 saturated carbocycles. The second-order valence-corrected chi connectivity index (χ2v) is 6.81. The van der Waals surface area contributed by atoms with Gasteiger partial charge in [0.05, 0.1) is 18.4 Å². The van der Waals surface area contributed by atoms with Crippen molar-refractivity contribution >= 4 is 34.2 Å². The molecule has 1 N–H and O–H groups in total. The number of likely N-dealkylation sites (N-methyl/N-ethyl adjacent to an activating group) is 1. The van der Waals surface area contributed by atoms with Gasteiger partial charge in [0.1, 0.15) is 5.58 Å². The smallest absolute Gasteiger partial charge is 0.291 e. The summed E-state index contributed by atoms with van der Waals surface area (Å²) in [7, 11) is 4.01. The van der Waals surface area contributed by atoms with Crippen LogP contribution < -0.4 is 5.32 Å². The van der Waals surface area contributed by atoms with E-state index < -0.39 is 0 Å². The summed E-state index contributed by atoms with van der Waals surface area (Å²) in [4.78, 5) is 14.6. The Bertz CT molecular complexity index is 927. The Morgan fingerprint density at radius 3 is 2.84 bits per heavy atom. The minimum absolute atomic E-state index is 0.290. The summed E-state index contributed by atoms with van der Waals surface area (Å²) in [5, 5.41) is 8.59. The van der Waals surface area contributed by atoms with Gasteiger partial charge in [-0.2, -0.15) is 5.10 Å². The van der Waals surface area contributed by atoms with E-state index in [-0.39, 0.29) is 11.7 Å². The first-order chi connectivity index (χ1) is 11.8. The lowest BCUT2D eigenvalue weighted by Gasteiger charge is -2.08. The van der Waals surface area contributed by atoms with Crippen molar-refractivity contribution in [3.8, 4) is 0 Å². The third-order valence-corrected chi connectivity index (χ3v) is 4.50. The van der Waals surface area contributed by atoms with Gasteiger partial charge in [0.2, 0.25) is 0 Å². The van der Waals surface area contributed by atoms with E-state index in [9.17, 15) is 4.79 Å². The number of fused-ring (bicyclic) bond motifs is 1. The number of furan rings is 1. The Labute approximate surface area is 151 Å². The van der Waals surface area contributed by atoms with Gasteiger partial charge in [0.25, 0.3) is 5.91 Å². The number of rotatable bonds is 5. The van der Waals surface area contributed by atoms with E-state index in [0.29, 0.717) is 16.3 Å². The van der Waals surface area contributed by atoms with Crippen molar-refractivity contribution in [3.63, 3.8) is 0 Å². The zero-order valence-electron chi connectivity index (χ0n) is 14.8. The minimum Gasteiger partial charge on any atom is -0.451 e. The maximum Gasteiger partial charge on any atom is 0.291 e. The fraction of sp³-hybridized carbons (Fsp3) is 0.333. The molecule has 132 valence electrons. The SMILES string of the molecule is Cc1cc2oc(C(=O)Nc3cnn(CCN(C)C)c3)c(C)c2cc1Cl. The third kappa shape index (κ3) is 3.70. The van der Waals surface area contributed by atoms with Crippen molar-refractivity contribution in [2.45, 2.75) is 20.4 Å². The molecule has 0 bridgehead atoms. The number of aryl methyl sites for hydroxylation is 2. The van der Waals surface area contributed by atoms with Crippen molar-refractivity contribution in [3.05, 3.63) is 46.4 Å². The highest BCUT2D eigenvalue weighted by Crippen LogP contribution is 2.30. The van der Waals surface area contributed by atoms with Crippen LogP contribution in [0.15, 0.2) is 28.9 Å². The van der Waals surface area contributed by atoms with Crippen LogP contribution in [0.5, 0.6) is 0 Å². The average Bonchev–Trinajstić information content (AvgIpc) is 3.11. The molecule has 1 amide bonds. The standard InChI is InChI=1S/C18H21ClN4O2/c1-11-7-16-14(8-15(11)19)12(2)17(25-16)18(24)21-13-9-20-23(10-13)6-5-22(3)4/h7-10H,5-6H2,1-4H3,(H,21,24). The molecule has 0 radical (unpaired) electrons. The van der Waals surface area contributed by atoms with Gasteiger partial charge < -0.3 is 14.6 Å². The van der Waals surface area contributed by atoms with Crippen LogP contribution in [0.2, 0.25) is 5.02 Å². The molecule has 6 nitrogen and oxygen atoms in total. The summed E-state index contributed by atoms with van der Waals surface area (Å²) in [6.45, 7) is 5.39. The van der Waals surface area contributed by atoms with Crippen molar-refractivity contribution in [2.24, 2.45) is 0 Å². The van der Waals surface area contributed by atoms with E-state index in [4.69, 9.17) is 16.0 Å². The molecule has 0 fully saturated rings. The van der Waals surface area contributed by atoms with E-state index in [0.717, 1.165) is 29.6 Å². The minimum atomic E-state index is -0.297. The molecule has 0 saturated heterocycles. The topological polar surface area (TPSA) is 63.3 Å². The number of halogens is 1. The summed E-state index contributed by atoms with van der Waals surface area (Å²) < 4.78 is 7.55. The van der Waals surface area contributed by atoms with Crippen LogP contribution in [-0.2, 0) is 6.54 Å². The van der Waals surface area contributed by atoms with Crippen LogP contribution in [-0.4, -0.2) is 41.2 Å². The number of aromatic nitrogens is 2. The second-order valence-electron chi connectivity index (χ2n) is 6.40. The maximum atomic E-state index is 12.6. The zero-order chi connectivity index (χ0) is 18.1. The molecule has 2 heterocycles. The number of nitrogens with one attached hydrogen (secondary N) is 1. The Kier molecular flexibility index (Phi) is 4.83. The molecule has 1 aromatic carbocycles. The van der Waals surface area contributed by atoms with Crippen molar-refractivity contribution in [1.82, 2.24) is 14.7 Å². The van der Waals surface area contributed by atoms with Gasteiger partial charge in [0.15, 0.2) is 5.76 Å². The fourth-order valence-corrected chi connectivity index (χ4v) is 2.76. The molecule has 3 aromatic rings. The predicted octanol–water partition coefficient (Wildman–Crippen LogP) is 3.71. The number of hydrogen-bond acceptors (Lipinski definition) is 4. The van der Waals surface area contributed by atoms with Crippen LogP contribution in [0, 0.1) is 13.8 Å². The Hall–Kier alpha value is -2.31. The number of benzene rings is 1. The summed E-state index contributed by atoms with van der Waals surface area (Å²) in [5.74, 6) is -0.00709. The lowest BCUT2D eigenvalue weighted by atomic mass is 10.1. The first-order valence-electron chi connectivity index (χ1n) is 8.03. The zero-order valence-corrected chi connectivity index (χ0v) is 15.5. The summed E-state index contributed by atoms with van der Waals surface area (Å²) in [5.41, 5.74) is 2.98. The summed E-state index contributed by atoms with van der Waals surface area (Å²) in [6.07, 6.45) is 3.44. The normalized spacial score (nSPS) is 11.4. The summed E-state index contributed by atoms with van der Waals surface area (Å²) >= 11 is 6.18. The molecule has 3 rings (SSSR count). The van der Waals surface area contributed by atoms with Gasteiger partial charge in [0, 0.05) is 28.7 Å². The highest BCUT2D eigenvalue weighted by Gasteiger charge is 2.19. The molecular weight excluding hydrogens is 340 g/mol. The molecule has 0 aliphatic heterocycles. The molecule has 0 aliphatic rings. The average molecular weight is 361 g/mol. The monoisotopic (exact) mass is 360 g/mol. The Morgan fingerprint density at radius 1 is 1.36 bits per heavy atom. The van der Waals surface area contributed by atoms with Crippen molar-refractivity contribution in [2.75, 3.05) is 26.0 Å². The van der Waals surface area contributed by atoms with E-state index in [1.165, 1.54) is 0 Å². The number of carbonyl (C=O) groups is 1. The van der Waals surface area contributed by atoms with E-state index >= 15 is 0 Å². The van der Waals surface area contributed by atoms with Gasteiger partial charge in [-0.05, 0) is 45.6 Å². The first-order valence-corrected chi connectivity index (χ1v) is 8.40. The van der Waals surface area contributed by atoms with Crippen LogP contribution in [0.25, 0.3) is 11.0 Å². The third-order valence-electron chi connectivity index (χ3n) is 4.09. The van der Waals surface area contributed by atoms with Crippen LogP contribution in [0.4, 0.5) is 5.69 Å². The van der Waals surface area contributed by atoms with Gasteiger partial charge in [-0.3, -0.25) is 9.48 Å². The molecule has 2 aromatic heterocycles. The lowest BCUT2D eigenvalue weighted by molar-refractivity contribution is 0.0998. The molecule has 0 unspecified atom stereocenters. The Morgan fingerprint density at radius 2 is 2.12 bits per heavy atom. The molecule has 0 atom stereocenters. The summed E-state index contributed by atoms with van der Waals surface area (Å²) in [6, 6.07) is 3.68. The van der Waals surface area contributed by atoms with E-state index in [1.54, 1.807) is 17.1 Å². The van der Waals surface area contributed by atoms with Crippen LogP contribution in [0.3, 0.4) is 0 Å². The first kappa shape index (κ1) is 17.5. The van der Waals surface area contributed by atoms with Crippen LogP contribution >= 0.6 is 11.6 Å². The fourth-order valence-electron chi connectivity index (χ4n) is 2.60. The predicted molar refractivity (Wildman–Crippen MR) is 99.4 cm³/mol. The van der Waals surface area contributed by atoms with E-state index in [2.05, 4.69) is 15.3 Å². The van der Waals surface area contributed by atoms with Crippen LogP contribution in [0.1, 0.15) is 21.7 Å².